The minimum Gasteiger partial charge on any atom is -0.457 e. The summed E-state index contributed by atoms with van der Waals surface area (Å²) in [5.74, 6) is 1.49. The van der Waals surface area contributed by atoms with Crippen molar-refractivity contribution in [3.63, 3.8) is 0 Å². The minimum atomic E-state index is -0.0528. The van der Waals surface area contributed by atoms with Crippen LogP contribution in [0.25, 0.3) is 0 Å². The maximum Gasteiger partial charge on any atom is 0.255 e. The molecule has 1 aliphatic rings. The van der Waals surface area contributed by atoms with Crippen molar-refractivity contribution >= 4 is 29.1 Å². The van der Waals surface area contributed by atoms with Gasteiger partial charge in [-0.2, -0.15) is 0 Å². The van der Waals surface area contributed by atoms with Gasteiger partial charge in [0.2, 0.25) is 0 Å². The number of hydrogen-bond donors (Lipinski definition) is 0. The molecular formula is C26H25Cl2NO2. The van der Waals surface area contributed by atoms with E-state index in [2.05, 4.69) is 0 Å². The maximum absolute atomic E-state index is 13.5. The van der Waals surface area contributed by atoms with Crippen molar-refractivity contribution in [2.24, 2.45) is 0 Å². The van der Waals surface area contributed by atoms with Gasteiger partial charge in [0.25, 0.3) is 5.91 Å². The summed E-state index contributed by atoms with van der Waals surface area (Å²) < 4.78 is 5.98. The zero-order valence-electron chi connectivity index (χ0n) is 17.3. The van der Waals surface area contributed by atoms with E-state index in [1.165, 1.54) is 6.42 Å². The third-order valence-corrected chi connectivity index (χ3v) is 6.22. The summed E-state index contributed by atoms with van der Waals surface area (Å²) in [5, 5.41) is 0.913. The number of hydrogen-bond acceptors (Lipinski definition) is 2. The fourth-order valence-corrected chi connectivity index (χ4v) is 4.60. The van der Waals surface area contributed by atoms with Crippen molar-refractivity contribution < 1.29 is 9.53 Å². The highest BCUT2D eigenvalue weighted by Crippen LogP contribution is 2.30. The lowest BCUT2D eigenvalue weighted by atomic mass is 9.93. The summed E-state index contributed by atoms with van der Waals surface area (Å²) >= 11 is 12.4. The van der Waals surface area contributed by atoms with Gasteiger partial charge >= 0.3 is 0 Å². The lowest BCUT2D eigenvalue weighted by Gasteiger charge is -2.35. The van der Waals surface area contributed by atoms with Gasteiger partial charge in [-0.05, 0) is 60.9 Å². The summed E-state index contributed by atoms with van der Waals surface area (Å²) in [6.45, 7) is 0.508. The van der Waals surface area contributed by atoms with E-state index in [9.17, 15) is 4.79 Å². The molecule has 1 aliphatic carbocycles. The van der Waals surface area contributed by atoms with Crippen LogP contribution in [0, 0.1) is 0 Å². The van der Waals surface area contributed by atoms with Gasteiger partial charge in [0, 0.05) is 17.6 Å². The van der Waals surface area contributed by atoms with Gasteiger partial charge < -0.3 is 9.64 Å². The molecule has 0 heterocycles. The predicted octanol–water partition coefficient (Wildman–Crippen LogP) is 7.76. The molecule has 4 rings (SSSR count). The number of ether oxygens (including phenoxy) is 1. The van der Waals surface area contributed by atoms with Crippen LogP contribution in [0.4, 0.5) is 0 Å². The summed E-state index contributed by atoms with van der Waals surface area (Å²) in [4.78, 5) is 15.5. The number of nitrogens with zero attached hydrogens (tertiary/aromatic N) is 1. The summed E-state index contributed by atoms with van der Waals surface area (Å²) in [6.07, 6.45) is 5.52. The first-order valence-corrected chi connectivity index (χ1v) is 11.4. The summed E-state index contributed by atoms with van der Waals surface area (Å²) in [6, 6.07) is 22.9. The van der Waals surface area contributed by atoms with E-state index in [-0.39, 0.29) is 11.9 Å². The Bertz CT molecular complexity index is 1030. The lowest BCUT2D eigenvalue weighted by Crippen LogP contribution is -2.41. The third kappa shape index (κ3) is 5.61. The number of rotatable bonds is 6. The molecule has 0 N–H and O–H groups in total. The number of amides is 1. The molecule has 3 nitrogen and oxygen atoms in total. The number of halogens is 2. The molecule has 160 valence electrons. The predicted molar refractivity (Wildman–Crippen MR) is 126 cm³/mol. The normalized spacial score (nSPS) is 14.3. The van der Waals surface area contributed by atoms with Crippen LogP contribution in [0.3, 0.4) is 0 Å². The number of carbonyl (C=O) groups is 1. The molecule has 0 unspecified atom stereocenters. The van der Waals surface area contributed by atoms with Crippen LogP contribution in [0.15, 0.2) is 72.8 Å². The van der Waals surface area contributed by atoms with E-state index in [0.29, 0.717) is 22.2 Å². The van der Waals surface area contributed by atoms with Gasteiger partial charge in [-0.15, -0.1) is 0 Å². The monoisotopic (exact) mass is 453 g/mol. The summed E-state index contributed by atoms with van der Waals surface area (Å²) in [7, 11) is 0. The number of para-hydroxylation sites is 1. The molecule has 1 amide bonds. The Morgan fingerprint density at radius 3 is 2.35 bits per heavy atom. The first-order chi connectivity index (χ1) is 15.1. The largest absolute Gasteiger partial charge is 0.457 e. The molecule has 3 aromatic carbocycles. The second-order valence-corrected chi connectivity index (χ2v) is 8.76. The van der Waals surface area contributed by atoms with Gasteiger partial charge in [0.05, 0.1) is 10.6 Å². The Morgan fingerprint density at radius 1 is 0.871 bits per heavy atom. The molecule has 31 heavy (non-hydrogen) atoms. The Labute approximate surface area is 193 Å². The fourth-order valence-electron chi connectivity index (χ4n) is 4.11. The van der Waals surface area contributed by atoms with Gasteiger partial charge in [-0.1, -0.05) is 72.8 Å². The van der Waals surface area contributed by atoms with Crippen LogP contribution < -0.4 is 4.74 Å². The first-order valence-electron chi connectivity index (χ1n) is 10.7. The standard InChI is InChI=1S/C26H25Cl2NO2/c27-20-14-15-24(25(28)17-20)26(30)29(21-9-3-1-4-10-21)18-19-8-7-13-23(16-19)31-22-11-5-2-6-12-22/h2,5-8,11-17,21H,1,3-4,9-10,18H2. The Morgan fingerprint density at radius 2 is 1.61 bits per heavy atom. The van der Waals surface area contributed by atoms with E-state index in [0.717, 1.165) is 42.7 Å². The minimum absolute atomic E-state index is 0.0528. The summed E-state index contributed by atoms with van der Waals surface area (Å²) in [5.41, 5.74) is 1.52. The van der Waals surface area contributed by atoms with Crippen molar-refractivity contribution in [3.8, 4) is 11.5 Å². The lowest BCUT2D eigenvalue weighted by molar-refractivity contribution is 0.0614. The van der Waals surface area contributed by atoms with Crippen LogP contribution in [0.5, 0.6) is 11.5 Å². The topological polar surface area (TPSA) is 29.5 Å². The highest BCUT2D eigenvalue weighted by molar-refractivity contribution is 6.36. The molecule has 0 atom stereocenters. The van der Waals surface area contributed by atoms with Crippen molar-refractivity contribution in [3.05, 3.63) is 94.0 Å². The first kappa shape index (κ1) is 21.7. The zero-order chi connectivity index (χ0) is 21.6. The van der Waals surface area contributed by atoms with Gasteiger partial charge in [-0.25, -0.2) is 0 Å². The van der Waals surface area contributed by atoms with Crippen LogP contribution in [0.2, 0.25) is 10.0 Å². The maximum atomic E-state index is 13.5. The molecule has 0 spiro atoms. The Balaban J connectivity index is 1.59. The van der Waals surface area contributed by atoms with Crippen molar-refractivity contribution in [2.45, 2.75) is 44.7 Å². The highest BCUT2D eigenvalue weighted by atomic mass is 35.5. The average Bonchev–Trinajstić information content (AvgIpc) is 2.79. The van der Waals surface area contributed by atoms with Crippen LogP contribution >= 0.6 is 23.2 Å². The molecule has 3 aromatic rings. The molecule has 1 fully saturated rings. The SMILES string of the molecule is O=C(c1ccc(Cl)cc1Cl)N(Cc1cccc(Oc2ccccc2)c1)C1CCCCC1. The molecule has 5 heteroatoms. The van der Waals surface area contributed by atoms with E-state index >= 15 is 0 Å². The van der Waals surface area contributed by atoms with Crippen LogP contribution in [0.1, 0.15) is 48.0 Å². The number of benzene rings is 3. The van der Waals surface area contributed by atoms with E-state index in [1.807, 2.05) is 59.5 Å². The second-order valence-electron chi connectivity index (χ2n) is 7.91. The average molecular weight is 454 g/mol. The Hall–Kier alpha value is -2.49. The van der Waals surface area contributed by atoms with Crippen molar-refractivity contribution in [1.82, 2.24) is 4.90 Å². The van der Waals surface area contributed by atoms with E-state index < -0.39 is 0 Å². The molecule has 0 aromatic heterocycles. The van der Waals surface area contributed by atoms with Gasteiger partial charge in [-0.3, -0.25) is 4.79 Å². The van der Waals surface area contributed by atoms with Crippen LogP contribution in [-0.4, -0.2) is 16.8 Å². The quantitative estimate of drug-likeness (QED) is 0.381. The molecule has 0 radical (unpaired) electrons. The third-order valence-electron chi connectivity index (χ3n) is 5.67. The van der Waals surface area contributed by atoms with Crippen LogP contribution in [-0.2, 0) is 6.54 Å². The molecular weight excluding hydrogens is 429 g/mol. The van der Waals surface area contributed by atoms with Gasteiger partial charge in [0.15, 0.2) is 0 Å². The highest BCUT2D eigenvalue weighted by Gasteiger charge is 2.27. The molecule has 0 bridgehead atoms. The molecule has 0 saturated heterocycles. The zero-order valence-corrected chi connectivity index (χ0v) is 18.8. The molecule has 1 saturated carbocycles. The number of carbonyl (C=O) groups excluding carboxylic acids is 1. The van der Waals surface area contributed by atoms with Crippen molar-refractivity contribution in [1.29, 1.82) is 0 Å². The van der Waals surface area contributed by atoms with E-state index in [1.54, 1.807) is 18.2 Å². The second kappa shape index (κ2) is 10.2. The fraction of sp³-hybridized carbons (Fsp3) is 0.269. The van der Waals surface area contributed by atoms with E-state index in [4.69, 9.17) is 27.9 Å². The smallest absolute Gasteiger partial charge is 0.255 e. The van der Waals surface area contributed by atoms with Crippen molar-refractivity contribution in [2.75, 3.05) is 0 Å². The Kier molecular flexibility index (Phi) is 7.16. The molecule has 0 aliphatic heterocycles. The van der Waals surface area contributed by atoms with Gasteiger partial charge in [0.1, 0.15) is 11.5 Å².